The van der Waals surface area contributed by atoms with Gasteiger partial charge < -0.3 is 4.42 Å². The van der Waals surface area contributed by atoms with Crippen LogP contribution in [-0.2, 0) is 14.8 Å². The predicted octanol–water partition coefficient (Wildman–Crippen LogP) is 4.20. The molecule has 0 spiro atoms. The number of rotatable bonds is 9. The molecule has 4 rings (SSSR count). The zero-order valence-corrected chi connectivity index (χ0v) is 19.5. The summed E-state index contributed by atoms with van der Waals surface area (Å²) in [6.07, 6.45) is 1.27. The van der Waals surface area contributed by atoms with Crippen molar-refractivity contribution in [2.24, 2.45) is 5.10 Å². The molecule has 182 valence electrons. The number of carbonyl (C=O) groups excluding carboxylic acids is 1. The molecule has 0 radical (unpaired) electrons. The molecule has 1 amide bonds. The van der Waals surface area contributed by atoms with Crippen LogP contribution >= 0.6 is 0 Å². The van der Waals surface area contributed by atoms with E-state index < -0.39 is 27.4 Å². The van der Waals surface area contributed by atoms with Gasteiger partial charge in [0, 0.05) is 17.7 Å². The molecule has 4 aromatic rings. The fourth-order valence-electron chi connectivity index (χ4n) is 3.29. The quantitative estimate of drug-likeness (QED) is 0.206. The number of hydrazone groups is 1. The monoisotopic (exact) mass is 504 g/mol. The van der Waals surface area contributed by atoms with Crippen LogP contribution in [0.5, 0.6) is 0 Å². The standard InChI is InChI=1S/C25H20N4O6S/c30-25(18-28(20-7-3-1-4-8-20)36(33,34)23-9-5-2-6-10-23)27-26-17-22-15-16-24(35-22)19-11-13-21(14-12-19)29(31)32/h1-17H,18H2,(H,27,30)/b26-17-. The van der Waals surface area contributed by atoms with Crippen LogP contribution in [0.25, 0.3) is 11.3 Å². The Morgan fingerprint density at radius 2 is 1.58 bits per heavy atom. The lowest BCUT2D eigenvalue weighted by molar-refractivity contribution is -0.384. The molecule has 0 saturated carbocycles. The number of nitrogens with zero attached hydrogens (tertiary/aromatic N) is 3. The summed E-state index contributed by atoms with van der Waals surface area (Å²) in [4.78, 5) is 23.0. The van der Waals surface area contributed by atoms with E-state index in [9.17, 15) is 23.3 Å². The second kappa shape index (κ2) is 10.7. The third kappa shape index (κ3) is 5.65. The smallest absolute Gasteiger partial charge is 0.269 e. The SMILES string of the molecule is O=C(CN(c1ccccc1)S(=O)(=O)c1ccccc1)N/N=C\c1ccc(-c2ccc([N+](=O)[O-])cc2)o1. The number of amides is 1. The maximum atomic E-state index is 13.2. The summed E-state index contributed by atoms with van der Waals surface area (Å²) in [5, 5.41) is 14.7. The largest absolute Gasteiger partial charge is 0.455 e. The van der Waals surface area contributed by atoms with E-state index in [-0.39, 0.29) is 10.6 Å². The zero-order valence-electron chi connectivity index (χ0n) is 18.7. The Kier molecular flexibility index (Phi) is 7.21. The van der Waals surface area contributed by atoms with Crippen molar-refractivity contribution in [3.05, 3.63) is 113 Å². The number of carbonyl (C=O) groups is 1. The first-order chi connectivity index (χ1) is 17.3. The average molecular weight is 505 g/mol. The van der Waals surface area contributed by atoms with Gasteiger partial charge >= 0.3 is 0 Å². The molecule has 0 aliphatic carbocycles. The second-order valence-electron chi connectivity index (χ2n) is 7.46. The van der Waals surface area contributed by atoms with Crippen LogP contribution in [0, 0.1) is 10.1 Å². The summed E-state index contributed by atoms with van der Waals surface area (Å²) in [6, 6.07) is 25.3. The van der Waals surface area contributed by atoms with Gasteiger partial charge in [-0.15, -0.1) is 0 Å². The van der Waals surface area contributed by atoms with E-state index in [4.69, 9.17) is 4.42 Å². The van der Waals surface area contributed by atoms with Crippen molar-refractivity contribution in [2.75, 3.05) is 10.8 Å². The van der Waals surface area contributed by atoms with E-state index in [2.05, 4.69) is 10.5 Å². The zero-order chi connectivity index (χ0) is 25.5. The van der Waals surface area contributed by atoms with Crippen molar-refractivity contribution in [3.63, 3.8) is 0 Å². The number of nitro groups is 1. The fraction of sp³-hybridized carbons (Fsp3) is 0.0400. The molecule has 0 atom stereocenters. The van der Waals surface area contributed by atoms with Gasteiger partial charge in [0.25, 0.3) is 21.6 Å². The molecule has 0 bridgehead atoms. The topological polar surface area (TPSA) is 135 Å². The van der Waals surface area contributed by atoms with Gasteiger partial charge in [-0.25, -0.2) is 13.8 Å². The van der Waals surface area contributed by atoms with E-state index in [0.29, 0.717) is 22.8 Å². The highest BCUT2D eigenvalue weighted by Crippen LogP contribution is 2.25. The third-order valence-corrected chi connectivity index (χ3v) is 6.82. The first-order valence-electron chi connectivity index (χ1n) is 10.6. The summed E-state index contributed by atoms with van der Waals surface area (Å²) >= 11 is 0. The Bertz CT molecular complexity index is 1480. The van der Waals surface area contributed by atoms with Crippen LogP contribution in [0.1, 0.15) is 5.76 Å². The number of hydrogen-bond donors (Lipinski definition) is 1. The molecular weight excluding hydrogens is 484 g/mol. The van der Waals surface area contributed by atoms with E-state index in [1.165, 1.54) is 30.5 Å². The molecule has 11 heteroatoms. The van der Waals surface area contributed by atoms with Crippen LogP contribution in [-0.4, -0.2) is 32.0 Å². The van der Waals surface area contributed by atoms with Gasteiger partial charge in [-0.1, -0.05) is 36.4 Å². The van der Waals surface area contributed by atoms with Crippen LogP contribution in [0.15, 0.2) is 111 Å². The lowest BCUT2D eigenvalue weighted by Gasteiger charge is -2.23. The Morgan fingerprint density at radius 1 is 0.944 bits per heavy atom. The molecule has 1 N–H and O–H groups in total. The Labute approximate surface area is 206 Å². The van der Waals surface area contributed by atoms with Gasteiger partial charge in [0.05, 0.1) is 21.7 Å². The number of non-ortho nitro benzene ring substituents is 1. The molecule has 0 saturated heterocycles. The number of nitro benzene ring substituents is 1. The van der Waals surface area contributed by atoms with Gasteiger partial charge in [0.1, 0.15) is 18.1 Å². The molecule has 3 aromatic carbocycles. The van der Waals surface area contributed by atoms with Crippen molar-refractivity contribution in [1.29, 1.82) is 0 Å². The highest BCUT2D eigenvalue weighted by atomic mass is 32.2. The number of anilines is 1. The summed E-state index contributed by atoms with van der Waals surface area (Å²) < 4.78 is 33.1. The second-order valence-corrected chi connectivity index (χ2v) is 9.32. The van der Waals surface area contributed by atoms with Crippen molar-refractivity contribution in [2.45, 2.75) is 4.90 Å². The van der Waals surface area contributed by atoms with Gasteiger partial charge in [-0.05, 0) is 48.5 Å². The number of furan rings is 1. The summed E-state index contributed by atoms with van der Waals surface area (Å²) in [6.45, 7) is -0.495. The van der Waals surface area contributed by atoms with Crippen molar-refractivity contribution >= 4 is 33.5 Å². The van der Waals surface area contributed by atoms with E-state index >= 15 is 0 Å². The number of nitrogens with one attached hydrogen (secondary N) is 1. The number of para-hydroxylation sites is 1. The van der Waals surface area contributed by atoms with E-state index in [1.807, 2.05) is 0 Å². The molecule has 0 fully saturated rings. The number of sulfonamides is 1. The molecule has 0 unspecified atom stereocenters. The van der Waals surface area contributed by atoms with Gasteiger partial charge in [-0.3, -0.25) is 19.2 Å². The van der Waals surface area contributed by atoms with Crippen LogP contribution in [0.3, 0.4) is 0 Å². The number of hydrogen-bond acceptors (Lipinski definition) is 7. The summed E-state index contributed by atoms with van der Waals surface area (Å²) in [7, 11) is -4.00. The molecular formula is C25H20N4O6S. The first kappa shape index (κ1) is 24.4. The van der Waals surface area contributed by atoms with E-state index in [1.54, 1.807) is 72.8 Å². The Balaban J connectivity index is 1.45. The molecule has 0 aliphatic rings. The van der Waals surface area contributed by atoms with Crippen LogP contribution in [0.2, 0.25) is 0 Å². The molecule has 1 heterocycles. The minimum Gasteiger partial charge on any atom is -0.455 e. The Morgan fingerprint density at radius 3 is 2.22 bits per heavy atom. The van der Waals surface area contributed by atoms with Gasteiger partial charge in [-0.2, -0.15) is 5.10 Å². The summed E-state index contributed by atoms with van der Waals surface area (Å²) in [5.74, 6) is 0.124. The van der Waals surface area contributed by atoms with Crippen molar-refractivity contribution in [3.8, 4) is 11.3 Å². The highest BCUT2D eigenvalue weighted by molar-refractivity contribution is 7.92. The lowest BCUT2D eigenvalue weighted by atomic mass is 10.1. The Hall–Kier alpha value is -4.77. The average Bonchev–Trinajstić information content (AvgIpc) is 3.37. The third-order valence-electron chi connectivity index (χ3n) is 5.03. The minimum absolute atomic E-state index is 0.0337. The van der Waals surface area contributed by atoms with Crippen molar-refractivity contribution in [1.82, 2.24) is 5.43 Å². The predicted molar refractivity (Wildman–Crippen MR) is 134 cm³/mol. The highest BCUT2D eigenvalue weighted by Gasteiger charge is 2.26. The van der Waals surface area contributed by atoms with Gasteiger partial charge in [0.2, 0.25) is 0 Å². The van der Waals surface area contributed by atoms with Crippen molar-refractivity contribution < 1.29 is 22.6 Å². The minimum atomic E-state index is -4.00. The van der Waals surface area contributed by atoms with Crippen LogP contribution < -0.4 is 9.73 Å². The normalized spacial score (nSPS) is 11.3. The molecule has 0 aliphatic heterocycles. The summed E-state index contributed by atoms with van der Waals surface area (Å²) in [5.41, 5.74) is 3.25. The number of benzene rings is 3. The maximum Gasteiger partial charge on any atom is 0.269 e. The lowest BCUT2D eigenvalue weighted by Crippen LogP contribution is -2.39. The van der Waals surface area contributed by atoms with E-state index in [0.717, 1.165) is 4.31 Å². The molecule has 1 aromatic heterocycles. The molecule has 10 nitrogen and oxygen atoms in total. The van der Waals surface area contributed by atoms with Crippen LogP contribution in [0.4, 0.5) is 11.4 Å². The first-order valence-corrected chi connectivity index (χ1v) is 12.1. The fourth-order valence-corrected chi connectivity index (χ4v) is 4.73. The molecule has 36 heavy (non-hydrogen) atoms. The van der Waals surface area contributed by atoms with Gasteiger partial charge in [0.15, 0.2) is 0 Å². The maximum absolute atomic E-state index is 13.2.